The highest BCUT2D eigenvalue weighted by Gasteiger charge is 2.33. The zero-order chi connectivity index (χ0) is 22.0. The maximum Gasteiger partial charge on any atom is 0.223 e. The van der Waals surface area contributed by atoms with Crippen LogP contribution in [0.2, 0.25) is 0 Å². The highest BCUT2D eigenvalue weighted by molar-refractivity contribution is 5.81. The molecule has 1 saturated heterocycles. The molecule has 1 aromatic heterocycles. The van der Waals surface area contributed by atoms with Crippen LogP contribution in [0, 0.1) is 13.8 Å². The fourth-order valence-electron chi connectivity index (χ4n) is 4.13. The minimum atomic E-state index is -0.709. The molecule has 1 aliphatic heterocycles. The number of nitrogens with zero attached hydrogens (tertiary/aromatic N) is 3. The molecule has 2 aromatic carbocycles. The third-order valence-corrected chi connectivity index (χ3v) is 5.93. The topological polar surface area (TPSA) is 67.6 Å². The van der Waals surface area contributed by atoms with Gasteiger partial charge in [0, 0.05) is 25.4 Å². The standard InChI is InChI=1S/C25H29N3O3/c1-4-11-27-14-19(13-24(27)30)25-26-22-7-5-6-8-23(22)28(25)15-20(29)16-31-21-10-9-17(2)18(3)12-21/h4-10,12,19-20,29H,1,11,13-16H2,2-3H3/t19-,20+/m0/s1. The number of hydrogen-bond acceptors (Lipinski definition) is 4. The Morgan fingerprint density at radius 2 is 2.06 bits per heavy atom. The van der Waals surface area contributed by atoms with Crippen molar-refractivity contribution in [1.29, 1.82) is 0 Å². The molecular formula is C25H29N3O3. The van der Waals surface area contributed by atoms with Crippen LogP contribution in [0.4, 0.5) is 0 Å². The Balaban J connectivity index is 1.53. The number of fused-ring (bicyclic) bond motifs is 1. The van der Waals surface area contributed by atoms with Gasteiger partial charge in [0.25, 0.3) is 0 Å². The molecule has 0 spiro atoms. The van der Waals surface area contributed by atoms with Gasteiger partial charge in [0.1, 0.15) is 24.3 Å². The molecule has 1 aliphatic rings. The van der Waals surface area contributed by atoms with E-state index in [9.17, 15) is 9.90 Å². The lowest BCUT2D eigenvalue weighted by Crippen LogP contribution is -2.26. The maximum absolute atomic E-state index is 12.4. The van der Waals surface area contributed by atoms with Crippen LogP contribution >= 0.6 is 0 Å². The molecule has 0 aliphatic carbocycles. The molecule has 0 saturated carbocycles. The predicted molar refractivity (Wildman–Crippen MR) is 121 cm³/mol. The molecular weight excluding hydrogens is 390 g/mol. The molecule has 4 rings (SSSR count). The number of likely N-dealkylation sites (tertiary alicyclic amines) is 1. The highest BCUT2D eigenvalue weighted by atomic mass is 16.5. The van der Waals surface area contributed by atoms with Gasteiger partial charge in [0.05, 0.1) is 17.6 Å². The predicted octanol–water partition coefficient (Wildman–Crippen LogP) is 3.59. The summed E-state index contributed by atoms with van der Waals surface area (Å²) in [6.07, 6.45) is 1.46. The first-order valence-corrected chi connectivity index (χ1v) is 10.7. The monoisotopic (exact) mass is 419 g/mol. The van der Waals surface area contributed by atoms with Crippen LogP contribution < -0.4 is 4.74 Å². The van der Waals surface area contributed by atoms with Gasteiger partial charge in [-0.25, -0.2) is 4.98 Å². The number of rotatable bonds is 8. The van der Waals surface area contributed by atoms with E-state index in [1.54, 1.807) is 11.0 Å². The van der Waals surface area contributed by atoms with Crippen molar-refractivity contribution in [2.45, 2.75) is 38.8 Å². The fraction of sp³-hybridized carbons (Fsp3) is 0.360. The Labute approximate surface area is 182 Å². The summed E-state index contributed by atoms with van der Waals surface area (Å²) in [5, 5.41) is 10.8. The zero-order valence-corrected chi connectivity index (χ0v) is 18.1. The van der Waals surface area contributed by atoms with Gasteiger partial charge in [-0.1, -0.05) is 24.3 Å². The Morgan fingerprint density at radius 3 is 2.84 bits per heavy atom. The van der Waals surface area contributed by atoms with Gasteiger partial charge in [0.2, 0.25) is 5.91 Å². The lowest BCUT2D eigenvalue weighted by Gasteiger charge is -2.18. The molecule has 0 bridgehead atoms. The van der Waals surface area contributed by atoms with E-state index in [4.69, 9.17) is 9.72 Å². The first kappa shape index (κ1) is 21.1. The van der Waals surface area contributed by atoms with E-state index in [0.717, 1.165) is 28.2 Å². The van der Waals surface area contributed by atoms with E-state index in [2.05, 4.69) is 13.5 Å². The molecule has 0 unspecified atom stereocenters. The number of carbonyl (C=O) groups is 1. The van der Waals surface area contributed by atoms with Crippen molar-refractivity contribution < 1.29 is 14.6 Å². The smallest absolute Gasteiger partial charge is 0.223 e. The minimum Gasteiger partial charge on any atom is -0.491 e. The molecule has 1 fully saturated rings. The van der Waals surface area contributed by atoms with Gasteiger partial charge in [0.15, 0.2) is 0 Å². The fourth-order valence-corrected chi connectivity index (χ4v) is 4.13. The third kappa shape index (κ3) is 4.49. The summed E-state index contributed by atoms with van der Waals surface area (Å²) in [4.78, 5) is 19.0. The third-order valence-electron chi connectivity index (χ3n) is 5.93. The Kier molecular flexibility index (Phi) is 6.09. The van der Waals surface area contributed by atoms with Crippen molar-refractivity contribution >= 4 is 16.9 Å². The van der Waals surface area contributed by atoms with Crippen LogP contribution in [-0.4, -0.2) is 51.3 Å². The van der Waals surface area contributed by atoms with Gasteiger partial charge in [-0.05, 0) is 49.2 Å². The molecule has 1 N–H and O–H groups in total. The summed E-state index contributed by atoms with van der Waals surface area (Å²) >= 11 is 0. The largest absolute Gasteiger partial charge is 0.491 e. The van der Waals surface area contributed by atoms with Gasteiger partial charge in [-0.2, -0.15) is 0 Å². The normalized spacial score (nSPS) is 17.3. The molecule has 2 atom stereocenters. The number of amides is 1. The summed E-state index contributed by atoms with van der Waals surface area (Å²) in [6, 6.07) is 13.8. The first-order chi connectivity index (χ1) is 15.0. The number of imidazole rings is 1. The summed E-state index contributed by atoms with van der Waals surface area (Å²) in [5.41, 5.74) is 4.19. The molecule has 6 nitrogen and oxygen atoms in total. The average molecular weight is 420 g/mol. The molecule has 1 amide bonds. The number of benzene rings is 2. The molecule has 31 heavy (non-hydrogen) atoms. The van der Waals surface area contributed by atoms with Crippen molar-refractivity contribution in [2.75, 3.05) is 19.7 Å². The number of ether oxygens (including phenoxy) is 1. The summed E-state index contributed by atoms with van der Waals surface area (Å²) < 4.78 is 7.88. The molecule has 162 valence electrons. The van der Waals surface area contributed by atoms with Crippen molar-refractivity contribution in [3.63, 3.8) is 0 Å². The second kappa shape index (κ2) is 8.94. The van der Waals surface area contributed by atoms with E-state index in [1.807, 2.05) is 54.0 Å². The van der Waals surface area contributed by atoms with Crippen molar-refractivity contribution in [1.82, 2.24) is 14.5 Å². The van der Waals surface area contributed by atoms with E-state index in [1.165, 1.54) is 5.56 Å². The second-order valence-electron chi connectivity index (χ2n) is 8.27. The van der Waals surface area contributed by atoms with Gasteiger partial charge in [-0.15, -0.1) is 6.58 Å². The Bertz CT molecular complexity index is 1100. The van der Waals surface area contributed by atoms with E-state index in [0.29, 0.717) is 26.1 Å². The van der Waals surface area contributed by atoms with Crippen LogP contribution in [-0.2, 0) is 11.3 Å². The van der Waals surface area contributed by atoms with Crippen LogP contribution in [0.5, 0.6) is 5.75 Å². The molecule has 3 aromatic rings. The van der Waals surface area contributed by atoms with Crippen molar-refractivity contribution in [3.05, 3.63) is 72.1 Å². The highest BCUT2D eigenvalue weighted by Crippen LogP contribution is 2.30. The van der Waals surface area contributed by atoms with E-state index < -0.39 is 6.10 Å². The maximum atomic E-state index is 12.4. The Morgan fingerprint density at radius 1 is 1.26 bits per heavy atom. The SMILES string of the molecule is C=CCN1C[C@@H](c2nc3ccccc3n2C[C@@H](O)COc2ccc(C)c(C)c2)CC1=O. The Hall–Kier alpha value is -3.12. The van der Waals surface area contributed by atoms with Crippen molar-refractivity contribution in [3.8, 4) is 5.75 Å². The molecule has 6 heteroatoms. The lowest BCUT2D eigenvalue weighted by molar-refractivity contribution is -0.127. The minimum absolute atomic E-state index is 0.00674. The number of hydrogen-bond donors (Lipinski definition) is 1. The quantitative estimate of drug-likeness (QED) is 0.567. The van der Waals surface area contributed by atoms with Crippen LogP contribution in [0.25, 0.3) is 11.0 Å². The average Bonchev–Trinajstić information content (AvgIpc) is 3.30. The van der Waals surface area contributed by atoms with Gasteiger partial charge >= 0.3 is 0 Å². The summed E-state index contributed by atoms with van der Waals surface area (Å²) in [5.74, 6) is 1.69. The van der Waals surface area contributed by atoms with Crippen molar-refractivity contribution in [2.24, 2.45) is 0 Å². The molecule has 2 heterocycles. The second-order valence-corrected chi connectivity index (χ2v) is 8.27. The summed E-state index contributed by atoms with van der Waals surface area (Å²) in [6.45, 7) is 9.54. The van der Waals surface area contributed by atoms with Crippen LogP contribution in [0.1, 0.15) is 29.3 Å². The zero-order valence-electron chi connectivity index (χ0n) is 18.1. The number of para-hydroxylation sites is 2. The number of aromatic nitrogens is 2. The number of aliphatic hydroxyl groups excluding tert-OH is 1. The van der Waals surface area contributed by atoms with Gasteiger partial charge < -0.3 is 19.3 Å². The summed E-state index contributed by atoms with van der Waals surface area (Å²) in [7, 11) is 0. The number of aryl methyl sites for hydroxylation is 2. The van der Waals surface area contributed by atoms with Gasteiger partial charge in [-0.3, -0.25) is 4.79 Å². The van der Waals surface area contributed by atoms with Crippen LogP contribution in [0.3, 0.4) is 0 Å². The molecule has 0 radical (unpaired) electrons. The number of carbonyl (C=O) groups excluding carboxylic acids is 1. The first-order valence-electron chi connectivity index (χ1n) is 10.7. The van der Waals surface area contributed by atoms with E-state index in [-0.39, 0.29) is 18.4 Å². The lowest BCUT2D eigenvalue weighted by atomic mass is 10.1. The van der Waals surface area contributed by atoms with E-state index >= 15 is 0 Å². The van der Waals surface area contributed by atoms with Crippen LogP contribution in [0.15, 0.2) is 55.1 Å². The number of aliphatic hydroxyl groups is 1.